The van der Waals surface area contributed by atoms with Crippen LogP contribution >= 0.6 is 11.8 Å². The van der Waals surface area contributed by atoms with Crippen molar-refractivity contribution in [1.29, 1.82) is 0 Å². The molecule has 10 heteroatoms. The van der Waals surface area contributed by atoms with Crippen LogP contribution in [0.1, 0.15) is 0 Å². The summed E-state index contributed by atoms with van der Waals surface area (Å²) in [6.45, 7) is 0. The van der Waals surface area contributed by atoms with Gasteiger partial charge in [-0.05, 0) is 22.2 Å². The molecule has 0 aliphatic rings. The van der Waals surface area contributed by atoms with E-state index in [9.17, 15) is 10.1 Å². The van der Waals surface area contributed by atoms with E-state index in [1.165, 1.54) is 4.68 Å². The van der Waals surface area contributed by atoms with Crippen LogP contribution in [0.2, 0.25) is 0 Å². The highest BCUT2D eigenvalue weighted by Gasteiger charge is 2.10. The smallest absolute Gasteiger partial charge is 0.258 e. The van der Waals surface area contributed by atoms with Crippen LogP contribution < -0.4 is 0 Å². The number of hydrogen-bond donors (Lipinski definition) is 0. The second-order valence-electron chi connectivity index (χ2n) is 2.67. The highest BCUT2D eigenvalue weighted by molar-refractivity contribution is 7.99. The van der Waals surface area contributed by atoms with E-state index in [4.69, 9.17) is 0 Å². The average Bonchev–Trinajstić information content (AvgIpc) is 2.65. The predicted octanol–water partition coefficient (Wildman–Crippen LogP) is 0.0595. The van der Waals surface area contributed by atoms with Gasteiger partial charge in [0.15, 0.2) is 5.16 Å². The number of aryl methyl sites for hydroxylation is 1. The Labute approximate surface area is 93.1 Å². The van der Waals surface area contributed by atoms with Crippen LogP contribution in [0.4, 0.5) is 5.69 Å². The third-order valence-electron chi connectivity index (χ3n) is 1.59. The van der Waals surface area contributed by atoms with Gasteiger partial charge in [-0.25, -0.2) is 14.6 Å². The predicted molar refractivity (Wildman–Crippen MR) is 51.6 cm³/mol. The molecule has 2 rings (SSSR count). The van der Waals surface area contributed by atoms with Gasteiger partial charge in [-0.2, -0.15) is 0 Å². The normalized spacial score (nSPS) is 10.3. The summed E-state index contributed by atoms with van der Waals surface area (Å²) in [5.74, 6) is 0. The molecule has 82 valence electrons. The van der Waals surface area contributed by atoms with Crippen LogP contribution in [-0.4, -0.2) is 35.1 Å². The maximum atomic E-state index is 10.4. The molecule has 0 fully saturated rings. The van der Waals surface area contributed by atoms with Crippen molar-refractivity contribution in [2.24, 2.45) is 7.05 Å². The van der Waals surface area contributed by atoms with Crippen molar-refractivity contribution in [2.45, 2.75) is 10.3 Å². The van der Waals surface area contributed by atoms with E-state index in [1.54, 1.807) is 7.05 Å². The van der Waals surface area contributed by atoms with E-state index < -0.39 is 4.92 Å². The monoisotopic (exact) mass is 239 g/mol. The van der Waals surface area contributed by atoms with E-state index in [1.807, 2.05) is 0 Å². The Morgan fingerprint density at radius 2 is 2.12 bits per heavy atom. The van der Waals surface area contributed by atoms with Gasteiger partial charge in [0, 0.05) is 7.05 Å². The van der Waals surface area contributed by atoms with Crippen LogP contribution in [-0.2, 0) is 7.05 Å². The molecule has 0 aromatic carbocycles. The molecular formula is C6H5N7O2S. The highest BCUT2D eigenvalue weighted by Crippen LogP contribution is 2.21. The molecule has 0 spiro atoms. The van der Waals surface area contributed by atoms with Crippen LogP contribution in [0.3, 0.4) is 0 Å². The minimum Gasteiger partial charge on any atom is -0.258 e. The van der Waals surface area contributed by atoms with Crippen molar-refractivity contribution in [1.82, 2.24) is 30.2 Å². The first-order valence-electron chi connectivity index (χ1n) is 4.03. The van der Waals surface area contributed by atoms with Crippen molar-refractivity contribution in [3.05, 3.63) is 22.5 Å². The van der Waals surface area contributed by atoms with E-state index in [-0.39, 0.29) is 5.69 Å². The molecule has 9 nitrogen and oxygen atoms in total. The Bertz CT molecular complexity index is 510. The van der Waals surface area contributed by atoms with E-state index in [2.05, 4.69) is 25.5 Å². The number of rotatable bonds is 3. The first kappa shape index (κ1) is 10.4. The number of nitro groups is 1. The first-order chi connectivity index (χ1) is 7.66. The van der Waals surface area contributed by atoms with Crippen molar-refractivity contribution >= 4 is 17.4 Å². The molecule has 0 aliphatic carbocycles. The van der Waals surface area contributed by atoms with Gasteiger partial charge in [0.1, 0.15) is 12.4 Å². The maximum Gasteiger partial charge on any atom is 0.305 e. The van der Waals surface area contributed by atoms with Crippen LogP contribution in [0, 0.1) is 10.1 Å². The standard InChI is InChI=1S/C6H5N7O2S/c1-12-6(9-10-11-12)16-5-7-2-4(3-8-5)13(14)15/h2-3H,1H3. The lowest BCUT2D eigenvalue weighted by Gasteiger charge is -1.96. The van der Waals surface area contributed by atoms with Gasteiger partial charge in [-0.15, -0.1) is 5.10 Å². The zero-order chi connectivity index (χ0) is 11.5. The molecule has 0 radical (unpaired) electrons. The summed E-state index contributed by atoms with van der Waals surface area (Å²) in [7, 11) is 1.67. The molecule has 2 heterocycles. The number of nitrogens with zero attached hydrogens (tertiary/aromatic N) is 7. The Morgan fingerprint density at radius 1 is 1.44 bits per heavy atom. The molecule has 0 atom stereocenters. The van der Waals surface area contributed by atoms with Crippen LogP contribution in [0.25, 0.3) is 0 Å². The van der Waals surface area contributed by atoms with Gasteiger partial charge in [0.05, 0.1) is 4.92 Å². The van der Waals surface area contributed by atoms with Gasteiger partial charge in [-0.3, -0.25) is 10.1 Å². The Morgan fingerprint density at radius 3 is 2.62 bits per heavy atom. The van der Waals surface area contributed by atoms with E-state index in [0.29, 0.717) is 10.3 Å². The molecule has 16 heavy (non-hydrogen) atoms. The Hall–Kier alpha value is -2.10. The number of aromatic nitrogens is 6. The lowest BCUT2D eigenvalue weighted by molar-refractivity contribution is -0.385. The Kier molecular flexibility index (Phi) is 2.72. The van der Waals surface area contributed by atoms with Crippen LogP contribution in [0.5, 0.6) is 0 Å². The summed E-state index contributed by atoms with van der Waals surface area (Å²) in [5.41, 5.74) is -0.152. The average molecular weight is 239 g/mol. The summed E-state index contributed by atoms with van der Waals surface area (Å²) in [6, 6.07) is 0. The topological polar surface area (TPSA) is 113 Å². The van der Waals surface area contributed by atoms with Gasteiger partial charge in [-0.1, -0.05) is 0 Å². The molecule has 0 saturated heterocycles. The minimum atomic E-state index is -0.557. The minimum absolute atomic E-state index is 0.152. The third-order valence-corrected chi connectivity index (χ3v) is 2.51. The fourth-order valence-corrected chi connectivity index (χ4v) is 1.47. The van der Waals surface area contributed by atoms with Gasteiger partial charge >= 0.3 is 5.69 Å². The molecule has 0 bridgehead atoms. The maximum absolute atomic E-state index is 10.4. The molecule has 2 aromatic heterocycles. The Balaban J connectivity index is 2.17. The summed E-state index contributed by atoms with van der Waals surface area (Å²) >= 11 is 1.12. The molecule has 0 aliphatic heterocycles. The molecule has 0 amide bonds. The fraction of sp³-hybridized carbons (Fsp3) is 0.167. The van der Waals surface area contributed by atoms with Crippen molar-refractivity contribution in [3.63, 3.8) is 0 Å². The SMILES string of the molecule is Cn1nnnc1Sc1ncc([N+](=O)[O-])cn1. The number of hydrogen-bond acceptors (Lipinski definition) is 8. The lowest BCUT2D eigenvalue weighted by atomic mass is 10.6. The molecule has 2 aromatic rings. The van der Waals surface area contributed by atoms with Gasteiger partial charge < -0.3 is 0 Å². The zero-order valence-electron chi connectivity index (χ0n) is 8.01. The third kappa shape index (κ3) is 2.11. The largest absolute Gasteiger partial charge is 0.305 e. The van der Waals surface area contributed by atoms with Gasteiger partial charge in [0.25, 0.3) is 0 Å². The zero-order valence-corrected chi connectivity index (χ0v) is 8.83. The molecule has 0 N–H and O–H groups in total. The molecule has 0 saturated carbocycles. The number of tetrazole rings is 1. The van der Waals surface area contributed by atoms with Crippen molar-refractivity contribution in [3.8, 4) is 0 Å². The second-order valence-corrected chi connectivity index (χ2v) is 3.60. The summed E-state index contributed by atoms with van der Waals surface area (Å²) in [4.78, 5) is 17.4. The summed E-state index contributed by atoms with van der Waals surface area (Å²) in [5, 5.41) is 22.0. The van der Waals surface area contributed by atoms with Crippen LogP contribution in [0.15, 0.2) is 22.7 Å². The van der Waals surface area contributed by atoms with Crippen molar-refractivity contribution < 1.29 is 4.92 Å². The highest BCUT2D eigenvalue weighted by atomic mass is 32.2. The molecule has 0 unspecified atom stereocenters. The summed E-state index contributed by atoms with van der Waals surface area (Å²) < 4.78 is 1.45. The summed E-state index contributed by atoms with van der Waals surface area (Å²) in [6.07, 6.45) is 2.28. The first-order valence-corrected chi connectivity index (χ1v) is 4.85. The fourth-order valence-electron chi connectivity index (χ4n) is 0.846. The van der Waals surface area contributed by atoms with Gasteiger partial charge in [0.2, 0.25) is 5.16 Å². The lowest BCUT2D eigenvalue weighted by Crippen LogP contribution is -1.95. The second kappa shape index (κ2) is 4.18. The quantitative estimate of drug-likeness (QED) is 0.419. The van der Waals surface area contributed by atoms with E-state index in [0.717, 1.165) is 24.2 Å². The van der Waals surface area contributed by atoms with Crippen molar-refractivity contribution in [2.75, 3.05) is 0 Å². The van der Waals surface area contributed by atoms with E-state index >= 15 is 0 Å². The molecular weight excluding hydrogens is 234 g/mol.